The molecule has 0 atom stereocenters. The predicted octanol–water partition coefficient (Wildman–Crippen LogP) is 2.57. The van der Waals surface area contributed by atoms with E-state index in [1.165, 1.54) is 13.2 Å². The lowest BCUT2D eigenvalue weighted by atomic mass is 10.3. The number of nitrogens with zero attached hydrogens (tertiary/aromatic N) is 4. The van der Waals surface area contributed by atoms with Crippen LogP contribution < -0.4 is 4.74 Å². The van der Waals surface area contributed by atoms with Crippen molar-refractivity contribution in [3.63, 3.8) is 0 Å². The largest absolute Gasteiger partial charge is 0.494 e. The number of benzene rings is 1. The van der Waals surface area contributed by atoms with E-state index in [0.717, 1.165) is 11.5 Å². The van der Waals surface area contributed by atoms with Gasteiger partial charge in [0.1, 0.15) is 5.82 Å². The first kappa shape index (κ1) is 13.4. The number of ether oxygens (including phenoxy) is 1. The first-order valence-corrected chi connectivity index (χ1v) is 6.52. The van der Waals surface area contributed by atoms with Crippen LogP contribution in [0.2, 0.25) is 0 Å². The highest BCUT2D eigenvalue weighted by molar-refractivity contribution is 5.39. The van der Waals surface area contributed by atoms with Gasteiger partial charge in [0, 0.05) is 30.3 Å². The van der Waals surface area contributed by atoms with Crippen molar-refractivity contribution in [2.24, 2.45) is 0 Å². The molecule has 0 aliphatic heterocycles. The Labute approximate surface area is 121 Å². The second kappa shape index (κ2) is 5.40. The number of rotatable bonds is 4. The molecule has 21 heavy (non-hydrogen) atoms. The maximum Gasteiger partial charge on any atom is 0.167 e. The molecule has 3 rings (SSSR count). The quantitative estimate of drug-likeness (QED) is 0.740. The summed E-state index contributed by atoms with van der Waals surface area (Å²) < 4.78 is 22.4. The van der Waals surface area contributed by atoms with E-state index in [4.69, 9.17) is 4.74 Å². The van der Waals surface area contributed by atoms with Crippen LogP contribution in [0.25, 0.3) is 5.69 Å². The zero-order valence-electron chi connectivity index (χ0n) is 11.8. The van der Waals surface area contributed by atoms with Gasteiger partial charge in [0.15, 0.2) is 11.6 Å². The number of hydrogen-bond acceptors (Lipinski definition) is 3. The van der Waals surface area contributed by atoms with Crippen molar-refractivity contribution in [2.75, 3.05) is 7.11 Å². The minimum atomic E-state index is -0.393. The molecule has 108 valence electrons. The minimum absolute atomic E-state index is 0.230. The lowest BCUT2D eigenvalue weighted by molar-refractivity contribution is 0.386. The normalized spacial score (nSPS) is 10.8. The zero-order valence-corrected chi connectivity index (χ0v) is 11.8. The Bertz CT molecular complexity index is 763. The first-order chi connectivity index (χ1) is 10.2. The molecule has 0 aliphatic carbocycles. The molecule has 1 aromatic carbocycles. The molecule has 0 unspecified atom stereocenters. The van der Waals surface area contributed by atoms with Gasteiger partial charge in [-0.05, 0) is 19.1 Å². The van der Waals surface area contributed by atoms with Gasteiger partial charge in [-0.25, -0.2) is 14.4 Å². The molecule has 5 nitrogen and oxygen atoms in total. The molecule has 0 bridgehead atoms. The molecule has 3 aromatic rings. The molecular weight excluding hydrogens is 271 g/mol. The Morgan fingerprint density at radius 2 is 2.14 bits per heavy atom. The summed E-state index contributed by atoms with van der Waals surface area (Å²) in [5.74, 6) is 0.767. The summed E-state index contributed by atoms with van der Waals surface area (Å²) in [7, 11) is 1.45. The average Bonchev–Trinajstić information content (AvgIpc) is 3.09. The SMILES string of the molecule is COc1ccc(-n2cnc(Cn3ccnc3C)c2)cc1F. The molecule has 0 aliphatic rings. The zero-order chi connectivity index (χ0) is 14.8. The Morgan fingerprint density at radius 3 is 2.81 bits per heavy atom. The lowest BCUT2D eigenvalue weighted by Gasteiger charge is -2.05. The van der Waals surface area contributed by atoms with E-state index < -0.39 is 5.82 Å². The van der Waals surface area contributed by atoms with Crippen LogP contribution in [0.15, 0.2) is 43.1 Å². The summed E-state index contributed by atoms with van der Waals surface area (Å²) >= 11 is 0. The Kier molecular flexibility index (Phi) is 3.43. The van der Waals surface area contributed by atoms with Crippen LogP contribution in [0.5, 0.6) is 5.75 Å². The molecule has 0 radical (unpaired) electrons. The van der Waals surface area contributed by atoms with Crippen molar-refractivity contribution in [3.8, 4) is 11.4 Å². The van der Waals surface area contributed by atoms with Gasteiger partial charge in [-0.1, -0.05) is 0 Å². The van der Waals surface area contributed by atoms with Crippen LogP contribution in [-0.4, -0.2) is 26.2 Å². The Balaban J connectivity index is 1.84. The van der Waals surface area contributed by atoms with Crippen molar-refractivity contribution in [2.45, 2.75) is 13.5 Å². The predicted molar refractivity (Wildman–Crippen MR) is 76.1 cm³/mol. The molecule has 0 amide bonds. The smallest absolute Gasteiger partial charge is 0.167 e. The van der Waals surface area contributed by atoms with Crippen molar-refractivity contribution >= 4 is 0 Å². The third-order valence-electron chi connectivity index (χ3n) is 3.33. The molecule has 0 N–H and O–H groups in total. The highest BCUT2D eigenvalue weighted by atomic mass is 19.1. The molecule has 2 heterocycles. The van der Waals surface area contributed by atoms with Gasteiger partial charge in [0.05, 0.1) is 25.7 Å². The van der Waals surface area contributed by atoms with Crippen LogP contribution in [0, 0.1) is 12.7 Å². The molecular formula is C15H15FN4O. The van der Waals surface area contributed by atoms with Crippen molar-refractivity contribution in [1.29, 1.82) is 0 Å². The van der Waals surface area contributed by atoms with E-state index in [1.54, 1.807) is 29.2 Å². The number of methoxy groups -OCH3 is 1. The minimum Gasteiger partial charge on any atom is -0.494 e. The molecule has 2 aromatic heterocycles. The van der Waals surface area contributed by atoms with Gasteiger partial charge in [0.2, 0.25) is 0 Å². The Morgan fingerprint density at radius 1 is 1.29 bits per heavy atom. The van der Waals surface area contributed by atoms with E-state index in [1.807, 2.05) is 23.9 Å². The third kappa shape index (κ3) is 2.65. The van der Waals surface area contributed by atoms with Crippen LogP contribution in [-0.2, 0) is 6.54 Å². The van der Waals surface area contributed by atoms with Crippen molar-refractivity contribution in [3.05, 3.63) is 60.5 Å². The monoisotopic (exact) mass is 286 g/mol. The fourth-order valence-corrected chi connectivity index (χ4v) is 2.15. The first-order valence-electron chi connectivity index (χ1n) is 6.52. The summed E-state index contributed by atoms with van der Waals surface area (Å²) in [5.41, 5.74) is 1.58. The fraction of sp³-hybridized carbons (Fsp3) is 0.200. The maximum absolute atomic E-state index is 13.7. The fourth-order valence-electron chi connectivity index (χ4n) is 2.15. The van der Waals surface area contributed by atoms with Gasteiger partial charge < -0.3 is 13.9 Å². The number of hydrogen-bond donors (Lipinski definition) is 0. The molecule has 0 saturated heterocycles. The number of imidazole rings is 2. The molecule has 0 spiro atoms. The standard InChI is InChI=1S/C15H15FN4O/c1-11-17-5-6-19(11)8-12-9-20(10-18-12)13-3-4-15(21-2)14(16)7-13/h3-7,9-10H,8H2,1-2H3. The number of aromatic nitrogens is 4. The summed E-state index contributed by atoms with van der Waals surface area (Å²) in [6.07, 6.45) is 7.20. The van der Waals surface area contributed by atoms with Crippen LogP contribution in [0.3, 0.4) is 0 Å². The maximum atomic E-state index is 13.7. The van der Waals surface area contributed by atoms with Gasteiger partial charge in [-0.3, -0.25) is 0 Å². The highest BCUT2D eigenvalue weighted by Crippen LogP contribution is 2.20. The van der Waals surface area contributed by atoms with E-state index >= 15 is 0 Å². The molecule has 0 saturated carbocycles. The topological polar surface area (TPSA) is 44.9 Å². The summed E-state index contributed by atoms with van der Waals surface area (Å²) in [6.45, 7) is 2.58. The molecule has 6 heteroatoms. The van der Waals surface area contributed by atoms with Crippen LogP contribution in [0.1, 0.15) is 11.5 Å². The van der Waals surface area contributed by atoms with E-state index in [2.05, 4.69) is 9.97 Å². The van der Waals surface area contributed by atoms with Crippen LogP contribution in [0.4, 0.5) is 4.39 Å². The summed E-state index contributed by atoms with van der Waals surface area (Å²) in [6, 6.07) is 4.81. The lowest BCUT2D eigenvalue weighted by Crippen LogP contribution is -2.01. The highest BCUT2D eigenvalue weighted by Gasteiger charge is 2.07. The van der Waals surface area contributed by atoms with E-state index in [-0.39, 0.29) is 5.75 Å². The van der Waals surface area contributed by atoms with Crippen molar-refractivity contribution in [1.82, 2.24) is 19.1 Å². The Hall–Kier alpha value is -2.63. The number of halogens is 1. The summed E-state index contributed by atoms with van der Waals surface area (Å²) in [5, 5.41) is 0. The third-order valence-corrected chi connectivity index (χ3v) is 3.33. The van der Waals surface area contributed by atoms with Gasteiger partial charge in [-0.2, -0.15) is 0 Å². The number of aryl methyl sites for hydroxylation is 1. The van der Waals surface area contributed by atoms with Gasteiger partial charge >= 0.3 is 0 Å². The van der Waals surface area contributed by atoms with Crippen molar-refractivity contribution < 1.29 is 9.13 Å². The summed E-state index contributed by atoms with van der Waals surface area (Å²) in [4.78, 5) is 8.51. The van der Waals surface area contributed by atoms with E-state index in [9.17, 15) is 4.39 Å². The van der Waals surface area contributed by atoms with Gasteiger partial charge in [-0.15, -0.1) is 0 Å². The second-order valence-corrected chi connectivity index (χ2v) is 4.69. The van der Waals surface area contributed by atoms with E-state index in [0.29, 0.717) is 12.2 Å². The second-order valence-electron chi connectivity index (χ2n) is 4.69. The molecule has 0 fully saturated rings. The van der Waals surface area contributed by atoms with Crippen LogP contribution >= 0.6 is 0 Å². The van der Waals surface area contributed by atoms with Gasteiger partial charge in [0.25, 0.3) is 0 Å². The average molecular weight is 286 g/mol.